The number of nitrogen functional groups attached to an aromatic ring is 1. The highest BCUT2D eigenvalue weighted by atomic mass is 35.5. The molecule has 1 aliphatic rings. The highest BCUT2D eigenvalue weighted by Gasteiger charge is 2.21. The average Bonchev–Trinajstić information content (AvgIpc) is 2.97. The fourth-order valence-corrected chi connectivity index (χ4v) is 4.10. The quantitative estimate of drug-likeness (QED) is 0.626. The third-order valence-corrected chi connectivity index (χ3v) is 5.75. The molecule has 0 spiro atoms. The van der Waals surface area contributed by atoms with Gasteiger partial charge in [0.05, 0.1) is 19.3 Å². The standard InChI is InChI=1S/C23H28N4O.ClH/c1-16-21(15-26-13-5-6-20-22(24)7-4-8-23(20)26)17(2)27(25-16)14-18-9-11-19(28-3)12-10-18;/h4,7-12H,5-6,13-15,24H2,1-3H3;1H. The van der Waals surface area contributed by atoms with Crippen LogP contribution in [-0.4, -0.2) is 23.4 Å². The Balaban J connectivity index is 0.00000240. The number of aryl methyl sites for hydroxylation is 1. The molecule has 0 saturated heterocycles. The third kappa shape index (κ3) is 4.20. The summed E-state index contributed by atoms with van der Waals surface area (Å²) in [4.78, 5) is 2.45. The molecule has 0 fully saturated rings. The second-order valence-corrected chi connectivity index (χ2v) is 7.53. The van der Waals surface area contributed by atoms with Crippen LogP contribution in [0.3, 0.4) is 0 Å². The van der Waals surface area contributed by atoms with Crippen molar-refractivity contribution in [1.29, 1.82) is 0 Å². The first-order chi connectivity index (χ1) is 13.6. The second-order valence-electron chi connectivity index (χ2n) is 7.53. The molecule has 0 amide bonds. The van der Waals surface area contributed by atoms with E-state index in [9.17, 15) is 0 Å². The molecule has 0 atom stereocenters. The van der Waals surface area contributed by atoms with Crippen LogP contribution < -0.4 is 15.4 Å². The molecule has 1 aliphatic heterocycles. The Morgan fingerprint density at radius 3 is 2.55 bits per heavy atom. The number of nitrogens with two attached hydrogens (primary N) is 1. The summed E-state index contributed by atoms with van der Waals surface area (Å²) in [5.74, 6) is 0.876. The fourth-order valence-electron chi connectivity index (χ4n) is 4.10. The van der Waals surface area contributed by atoms with E-state index < -0.39 is 0 Å². The van der Waals surface area contributed by atoms with Crippen molar-refractivity contribution in [2.45, 2.75) is 39.8 Å². The lowest BCUT2D eigenvalue weighted by Gasteiger charge is -2.32. The van der Waals surface area contributed by atoms with Crippen molar-refractivity contribution in [3.05, 3.63) is 70.5 Å². The number of anilines is 2. The summed E-state index contributed by atoms with van der Waals surface area (Å²) in [6, 6.07) is 14.4. The van der Waals surface area contributed by atoms with E-state index in [4.69, 9.17) is 15.6 Å². The maximum Gasteiger partial charge on any atom is 0.118 e. The summed E-state index contributed by atoms with van der Waals surface area (Å²) in [7, 11) is 1.69. The first-order valence-corrected chi connectivity index (χ1v) is 9.85. The Morgan fingerprint density at radius 2 is 1.83 bits per heavy atom. The lowest BCUT2D eigenvalue weighted by Crippen LogP contribution is -2.29. The molecule has 2 aromatic carbocycles. The molecule has 4 rings (SSSR count). The number of fused-ring (bicyclic) bond motifs is 1. The van der Waals surface area contributed by atoms with E-state index >= 15 is 0 Å². The molecular weight excluding hydrogens is 384 g/mol. The van der Waals surface area contributed by atoms with Gasteiger partial charge in [-0.25, -0.2) is 0 Å². The van der Waals surface area contributed by atoms with Gasteiger partial charge in [-0.2, -0.15) is 5.10 Å². The Morgan fingerprint density at radius 1 is 1.07 bits per heavy atom. The van der Waals surface area contributed by atoms with Gasteiger partial charge in [0.25, 0.3) is 0 Å². The zero-order chi connectivity index (χ0) is 19.7. The molecule has 0 aliphatic carbocycles. The predicted octanol–water partition coefficient (Wildman–Crippen LogP) is 4.51. The molecule has 0 unspecified atom stereocenters. The average molecular weight is 413 g/mol. The van der Waals surface area contributed by atoms with E-state index in [2.05, 4.69) is 47.7 Å². The predicted molar refractivity (Wildman–Crippen MR) is 121 cm³/mol. The SMILES string of the molecule is COc1ccc(Cn2nc(C)c(CN3CCCc4c(N)cccc43)c2C)cc1.Cl. The van der Waals surface area contributed by atoms with Gasteiger partial charge in [-0.05, 0) is 62.1 Å². The number of ether oxygens (including phenoxy) is 1. The number of aromatic nitrogens is 2. The summed E-state index contributed by atoms with van der Waals surface area (Å²) in [6.07, 6.45) is 2.20. The Bertz CT molecular complexity index is 981. The van der Waals surface area contributed by atoms with Gasteiger partial charge < -0.3 is 15.4 Å². The normalized spacial score (nSPS) is 13.0. The van der Waals surface area contributed by atoms with Gasteiger partial charge in [-0.1, -0.05) is 18.2 Å². The molecule has 3 aromatic rings. The molecule has 0 radical (unpaired) electrons. The first-order valence-electron chi connectivity index (χ1n) is 9.85. The zero-order valence-corrected chi connectivity index (χ0v) is 18.1. The van der Waals surface area contributed by atoms with Crippen molar-refractivity contribution in [3.8, 4) is 5.75 Å². The van der Waals surface area contributed by atoms with Gasteiger partial charge in [-0.3, -0.25) is 4.68 Å². The van der Waals surface area contributed by atoms with Crippen LogP contribution in [0, 0.1) is 13.8 Å². The molecular formula is C23H29ClN4O. The second kappa shape index (κ2) is 8.78. The van der Waals surface area contributed by atoms with Crippen LogP contribution in [0.15, 0.2) is 42.5 Å². The first kappa shape index (κ1) is 21.1. The van der Waals surface area contributed by atoms with E-state index in [1.54, 1.807) is 7.11 Å². The van der Waals surface area contributed by atoms with E-state index in [1.165, 1.54) is 28.1 Å². The minimum atomic E-state index is 0. The lowest BCUT2D eigenvalue weighted by atomic mass is 9.99. The molecule has 1 aromatic heterocycles. The number of halogens is 1. The zero-order valence-electron chi connectivity index (χ0n) is 17.3. The summed E-state index contributed by atoms with van der Waals surface area (Å²) < 4.78 is 7.36. The smallest absolute Gasteiger partial charge is 0.118 e. The fraction of sp³-hybridized carbons (Fsp3) is 0.348. The number of hydrogen-bond acceptors (Lipinski definition) is 4. The molecule has 5 nitrogen and oxygen atoms in total. The maximum absolute atomic E-state index is 6.22. The van der Waals surface area contributed by atoms with Crippen LogP contribution >= 0.6 is 12.4 Å². The minimum absolute atomic E-state index is 0. The van der Waals surface area contributed by atoms with Crippen LogP contribution in [0.2, 0.25) is 0 Å². The largest absolute Gasteiger partial charge is 0.497 e. The van der Waals surface area contributed by atoms with Crippen LogP contribution in [0.1, 0.15) is 34.5 Å². The lowest BCUT2D eigenvalue weighted by molar-refractivity contribution is 0.414. The van der Waals surface area contributed by atoms with Crippen molar-refractivity contribution in [2.24, 2.45) is 0 Å². The van der Waals surface area contributed by atoms with E-state index in [1.807, 2.05) is 18.2 Å². The molecule has 0 saturated carbocycles. The Hall–Kier alpha value is -2.66. The number of nitrogens with zero attached hydrogens (tertiary/aromatic N) is 3. The van der Waals surface area contributed by atoms with Crippen molar-refractivity contribution in [2.75, 3.05) is 24.3 Å². The van der Waals surface area contributed by atoms with Crippen molar-refractivity contribution in [3.63, 3.8) is 0 Å². The minimum Gasteiger partial charge on any atom is -0.497 e. The summed E-state index contributed by atoms with van der Waals surface area (Å²) in [6.45, 7) is 6.97. The van der Waals surface area contributed by atoms with Crippen LogP contribution in [-0.2, 0) is 19.5 Å². The molecule has 0 bridgehead atoms. The number of methoxy groups -OCH3 is 1. The summed E-state index contributed by atoms with van der Waals surface area (Å²) in [5, 5.41) is 4.82. The van der Waals surface area contributed by atoms with Gasteiger partial charge in [-0.15, -0.1) is 12.4 Å². The topological polar surface area (TPSA) is 56.3 Å². The maximum atomic E-state index is 6.22. The monoisotopic (exact) mass is 412 g/mol. The van der Waals surface area contributed by atoms with Gasteiger partial charge in [0, 0.05) is 35.7 Å². The summed E-state index contributed by atoms with van der Waals surface area (Å²) in [5.41, 5.74) is 14.5. The molecule has 2 N–H and O–H groups in total. The molecule has 6 heteroatoms. The van der Waals surface area contributed by atoms with Gasteiger partial charge >= 0.3 is 0 Å². The number of benzene rings is 2. The third-order valence-electron chi connectivity index (χ3n) is 5.75. The van der Waals surface area contributed by atoms with E-state index in [0.717, 1.165) is 49.6 Å². The van der Waals surface area contributed by atoms with Gasteiger partial charge in [0.2, 0.25) is 0 Å². The number of rotatable bonds is 5. The van der Waals surface area contributed by atoms with Gasteiger partial charge in [0.1, 0.15) is 5.75 Å². The van der Waals surface area contributed by atoms with E-state index in [-0.39, 0.29) is 12.4 Å². The molecule has 154 valence electrons. The highest BCUT2D eigenvalue weighted by Crippen LogP contribution is 2.33. The highest BCUT2D eigenvalue weighted by molar-refractivity contribution is 5.85. The van der Waals surface area contributed by atoms with Crippen LogP contribution in [0.25, 0.3) is 0 Å². The van der Waals surface area contributed by atoms with Crippen molar-refractivity contribution in [1.82, 2.24) is 9.78 Å². The summed E-state index contributed by atoms with van der Waals surface area (Å²) >= 11 is 0. The van der Waals surface area contributed by atoms with Crippen molar-refractivity contribution < 1.29 is 4.74 Å². The Labute approximate surface area is 178 Å². The van der Waals surface area contributed by atoms with Crippen LogP contribution in [0.5, 0.6) is 5.75 Å². The van der Waals surface area contributed by atoms with Crippen molar-refractivity contribution >= 4 is 23.8 Å². The Kier molecular flexibility index (Phi) is 6.38. The molecule has 2 heterocycles. The van der Waals surface area contributed by atoms with E-state index in [0.29, 0.717) is 0 Å². The van der Waals surface area contributed by atoms with Gasteiger partial charge in [0.15, 0.2) is 0 Å². The molecule has 29 heavy (non-hydrogen) atoms. The number of hydrogen-bond donors (Lipinski definition) is 1. The van der Waals surface area contributed by atoms with Crippen LogP contribution in [0.4, 0.5) is 11.4 Å².